The molecule has 28 heavy (non-hydrogen) atoms. The van der Waals surface area contributed by atoms with Crippen molar-refractivity contribution in [3.05, 3.63) is 47.1 Å². The number of anilines is 2. The number of hydrogen-bond donors (Lipinski definition) is 1. The van der Waals surface area contributed by atoms with Crippen LogP contribution in [0.25, 0.3) is 11.3 Å². The summed E-state index contributed by atoms with van der Waals surface area (Å²) in [7, 11) is -0.265. The molecule has 0 aliphatic carbocycles. The minimum atomic E-state index is -3.35. The predicted octanol–water partition coefficient (Wildman–Crippen LogP) is 4.66. The first-order chi connectivity index (χ1) is 13.4. The smallest absolute Gasteiger partial charge is 0.299 e. The number of nitrogens with zero attached hydrogens (tertiary/aromatic N) is 1. The zero-order valence-electron chi connectivity index (χ0n) is 15.5. The van der Waals surface area contributed by atoms with Crippen molar-refractivity contribution >= 4 is 37.5 Å². The zero-order valence-corrected chi connectivity index (χ0v) is 17.9. The van der Waals surface area contributed by atoms with Crippen molar-refractivity contribution in [3.8, 4) is 22.8 Å². The lowest BCUT2D eigenvalue weighted by Gasteiger charge is -2.11. The normalized spacial score (nSPS) is 11.3. The Labute approximate surface area is 171 Å². The van der Waals surface area contributed by atoms with E-state index in [-0.39, 0.29) is 16.7 Å². The van der Waals surface area contributed by atoms with Crippen molar-refractivity contribution in [2.45, 2.75) is 11.8 Å². The van der Waals surface area contributed by atoms with Crippen LogP contribution in [-0.2, 0) is 9.84 Å². The standard InChI is InChI=1S/C19H19BrN2O5S/c1-4-28(23,24)15-5-6-17(26-3)16(10-15)22-19-21-11-18(27-19)12-7-13(20)9-14(8-12)25-2/h5-11H,4H2,1-3H3,(H,21,22). The number of halogens is 1. The highest BCUT2D eigenvalue weighted by Gasteiger charge is 2.16. The lowest BCUT2D eigenvalue weighted by molar-refractivity contribution is 0.414. The van der Waals surface area contributed by atoms with Gasteiger partial charge in [-0.15, -0.1) is 0 Å². The average Bonchev–Trinajstić information content (AvgIpc) is 3.16. The quantitative estimate of drug-likeness (QED) is 0.541. The first-order valence-electron chi connectivity index (χ1n) is 8.35. The number of oxazole rings is 1. The average molecular weight is 467 g/mol. The third-order valence-corrected chi connectivity index (χ3v) is 6.24. The van der Waals surface area contributed by atoms with E-state index in [0.717, 1.165) is 10.0 Å². The van der Waals surface area contributed by atoms with Gasteiger partial charge >= 0.3 is 0 Å². The molecule has 0 fully saturated rings. The molecule has 0 spiro atoms. The Bertz CT molecular complexity index is 1100. The molecule has 0 saturated carbocycles. The third-order valence-electron chi connectivity index (χ3n) is 4.05. The lowest BCUT2D eigenvalue weighted by Crippen LogP contribution is -2.05. The van der Waals surface area contributed by atoms with Crippen LogP contribution in [0.2, 0.25) is 0 Å². The summed E-state index contributed by atoms with van der Waals surface area (Å²) in [6, 6.07) is 10.4. The van der Waals surface area contributed by atoms with E-state index in [2.05, 4.69) is 26.2 Å². The molecule has 0 aliphatic heterocycles. The van der Waals surface area contributed by atoms with Crippen LogP contribution in [-0.4, -0.2) is 33.4 Å². The van der Waals surface area contributed by atoms with E-state index in [1.54, 1.807) is 26.3 Å². The van der Waals surface area contributed by atoms with Crippen molar-refractivity contribution < 1.29 is 22.3 Å². The molecule has 3 rings (SSSR count). The molecule has 1 aromatic heterocycles. The molecule has 3 aromatic rings. The summed E-state index contributed by atoms with van der Waals surface area (Å²) >= 11 is 3.43. The van der Waals surface area contributed by atoms with Gasteiger partial charge in [0.1, 0.15) is 11.5 Å². The van der Waals surface area contributed by atoms with E-state index < -0.39 is 9.84 Å². The molecule has 0 atom stereocenters. The molecule has 1 N–H and O–H groups in total. The van der Waals surface area contributed by atoms with Crippen molar-refractivity contribution in [2.75, 3.05) is 25.3 Å². The maximum atomic E-state index is 12.2. The number of hydrogen-bond acceptors (Lipinski definition) is 7. The fraction of sp³-hybridized carbons (Fsp3) is 0.211. The van der Waals surface area contributed by atoms with E-state index in [1.165, 1.54) is 19.2 Å². The minimum absolute atomic E-state index is 0.00658. The van der Waals surface area contributed by atoms with Crippen LogP contribution in [0.3, 0.4) is 0 Å². The lowest BCUT2D eigenvalue weighted by atomic mass is 10.2. The molecule has 7 nitrogen and oxygen atoms in total. The molecule has 0 saturated heterocycles. The fourth-order valence-electron chi connectivity index (χ4n) is 2.55. The Morgan fingerprint density at radius 1 is 1.14 bits per heavy atom. The number of aromatic nitrogens is 1. The number of methoxy groups -OCH3 is 2. The van der Waals surface area contributed by atoms with E-state index in [0.29, 0.717) is 22.9 Å². The molecule has 0 amide bonds. The van der Waals surface area contributed by atoms with Crippen molar-refractivity contribution in [1.29, 1.82) is 0 Å². The Hall–Kier alpha value is -2.52. The third kappa shape index (κ3) is 4.31. The van der Waals surface area contributed by atoms with Crippen LogP contribution in [0.5, 0.6) is 11.5 Å². The van der Waals surface area contributed by atoms with Gasteiger partial charge in [0.15, 0.2) is 15.6 Å². The van der Waals surface area contributed by atoms with Gasteiger partial charge in [0.25, 0.3) is 6.01 Å². The number of sulfone groups is 1. The van der Waals surface area contributed by atoms with Crippen molar-refractivity contribution in [1.82, 2.24) is 4.98 Å². The predicted molar refractivity (Wildman–Crippen MR) is 110 cm³/mol. The Morgan fingerprint density at radius 2 is 1.93 bits per heavy atom. The summed E-state index contributed by atoms with van der Waals surface area (Å²) in [5.74, 6) is 1.68. The van der Waals surface area contributed by atoms with E-state index in [4.69, 9.17) is 13.9 Å². The maximum Gasteiger partial charge on any atom is 0.299 e. The highest BCUT2D eigenvalue weighted by Crippen LogP contribution is 2.33. The van der Waals surface area contributed by atoms with E-state index in [9.17, 15) is 8.42 Å². The Morgan fingerprint density at radius 3 is 2.61 bits per heavy atom. The van der Waals surface area contributed by atoms with Gasteiger partial charge in [-0.1, -0.05) is 22.9 Å². The topological polar surface area (TPSA) is 90.7 Å². The molecule has 1 heterocycles. The van der Waals surface area contributed by atoms with Gasteiger partial charge in [0, 0.05) is 10.0 Å². The second-order valence-corrected chi connectivity index (χ2v) is 8.99. The number of ether oxygens (including phenoxy) is 2. The minimum Gasteiger partial charge on any atom is -0.497 e. The highest BCUT2D eigenvalue weighted by molar-refractivity contribution is 9.10. The molecule has 0 aliphatic rings. The zero-order chi connectivity index (χ0) is 20.3. The molecule has 2 aromatic carbocycles. The van der Waals surface area contributed by atoms with Gasteiger partial charge in [-0.3, -0.25) is 0 Å². The van der Waals surface area contributed by atoms with Gasteiger partial charge < -0.3 is 19.2 Å². The number of benzene rings is 2. The molecular weight excluding hydrogens is 448 g/mol. The highest BCUT2D eigenvalue weighted by atomic mass is 79.9. The fourth-order valence-corrected chi connectivity index (χ4v) is 3.93. The van der Waals surface area contributed by atoms with Gasteiger partial charge in [0.2, 0.25) is 0 Å². The van der Waals surface area contributed by atoms with Crippen LogP contribution in [0, 0.1) is 0 Å². The first-order valence-corrected chi connectivity index (χ1v) is 10.8. The molecule has 0 bridgehead atoms. The van der Waals surface area contributed by atoms with Crippen LogP contribution in [0.4, 0.5) is 11.7 Å². The SMILES string of the molecule is CCS(=O)(=O)c1ccc(OC)c(Nc2ncc(-c3cc(Br)cc(OC)c3)o2)c1. The largest absolute Gasteiger partial charge is 0.497 e. The second kappa shape index (κ2) is 8.24. The van der Waals surface area contributed by atoms with Crippen LogP contribution >= 0.6 is 15.9 Å². The van der Waals surface area contributed by atoms with Crippen LogP contribution in [0.1, 0.15) is 6.92 Å². The molecule has 148 valence electrons. The van der Waals surface area contributed by atoms with Gasteiger partial charge in [0.05, 0.1) is 36.8 Å². The van der Waals surface area contributed by atoms with Gasteiger partial charge in [-0.25, -0.2) is 13.4 Å². The van der Waals surface area contributed by atoms with Gasteiger partial charge in [-0.05, 0) is 36.4 Å². The summed E-state index contributed by atoms with van der Waals surface area (Å²) in [6.45, 7) is 1.60. The van der Waals surface area contributed by atoms with Crippen LogP contribution in [0.15, 0.2) is 56.4 Å². The summed E-state index contributed by atoms with van der Waals surface area (Å²) in [5.41, 5.74) is 1.22. The maximum absolute atomic E-state index is 12.2. The van der Waals surface area contributed by atoms with Gasteiger partial charge in [-0.2, -0.15) is 0 Å². The first kappa shape index (κ1) is 20.2. The van der Waals surface area contributed by atoms with Crippen LogP contribution < -0.4 is 14.8 Å². The van der Waals surface area contributed by atoms with E-state index in [1.807, 2.05) is 18.2 Å². The molecular formula is C19H19BrN2O5S. The summed E-state index contributed by atoms with van der Waals surface area (Å²) < 4.78 is 41.5. The molecule has 9 heteroatoms. The van der Waals surface area contributed by atoms with Crippen molar-refractivity contribution in [2.24, 2.45) is 0 Å². The second-order valence-electron chi connectivity index (χ2n) is 5.80. The molecule has 0 unspecified atom stereocenters. The van der Waals surface area contributed by atoms with Crippen molar-refractivity contribution in [3.63, 3.8) is 0 Å². The Balaban J connectivity index is 1.93. The summed E-state index contributed by atoms with van der Waals surface area (Å²) in [6.07, 6.45) is 1.57. The monoisotopic (exact) mass is 466 g/mol. The number of nitrogens with one attached hydrogen (secondary N) is 1. The number of rotatable bonds is 7. The summed E-state index contributed by atoms with van der Waals surface area (Å²) in [5, 5.41) is 2.98. The summed E-state index contributed by atoms with van der Waals surface area (Å²) in [4.78, 5) is 4.42. The van der Waals surface area contributed by atoms with E-state index >= 15 is 0 Å². The Kier molecular flexibility index (Phi) is 5.95. The molecule has 0 radical (unpaired) electrons.